The second-order valence-electron chi connectivity index (χ2n) is 11.1. The van der Waals surface area contributed by atoms with E-state index in [0.29, 0.717) is 17.3 Å². The zero-order valence-corrected chi connectivity index (χ0v) is 26.8. The van der Waals surface area contributed by atoms with Gasteiger partial charge in [-0.05, 0) is 42.1 Å². The van der Waals surface area contributed by atoms with Gasteiger partial charge in [0.2, 0.25) is 11.7 Å². The molecule has 0 saturated heterocycles. The molecule has 0 N–H and O–H groups in total. The third-order valence-electron chi connectivity index (χ3n) is 8.39. The number of nitrogens with zero attached hydrogens (tertiary/aromatic N) is 7. The minimum Gasteiger partial charge on any atom is -0.459 e. The fourth-order valence-corrected chi connectivity index (χ4v) is 6.41. The van der Waals surface area contributed by atoms with E-state index in [-0.39, 0.29) is 21.1 Å². The molecule has 0 atom stereocenters. The number of aromatic nitrogens is 7. The van der Waals surface area contributed by atoms with Crippen LogP contribution in [0.3, 0.4) is 0 Å². The van der Waals surface area contributed by atoms with Gasteiger partial charge in [-0.1, -0.05) is 71.1 Å². The average Bonchev–Trinajstić information content (AvgIpc) is 3.77. The Labute approximate surface area is 281 Å². The Hall–Kier alpha value is -5.85. The molecular formula is C38H21N7OPt. The van der Waals surface area contributed by atoms with Gasteiger partial charge in [0.05, 0.1) is 27.6 Å². The van der Waals surface area contributed by atoms with Crippen molar-refractivity contribution in [3.63, 3.8) is 0 Å². The van der Waals surface area contributed by atoms with Crippen LogP contribution in [0.25, 0.3) is 72.4 Å². The van der Waals surface area contributed by atoms with Gasteiger partial charge in [-0.2, -0.15) is 29.2 Å². The van der Waals surface area contributed by atoms with Crippen LogP contribution in [-0.4, -0.2) is 33.3 Å². The Morgan fingerprint density at radius 3 is 2.32 bits per heavy atom. The van der Waals surface area contributed by atoms with E-state index in [2.05, 4.69) is 44.1 Å². The third kappa shape index (κ3) is 4.19. The molecule has 0 spiro atoms. The Kier molecular flexibility index (Phi) is 6.20. The molecule has 0 fully saturated rings. The van der Waals surface area contributed by atoms with E-state index in [1.54, 1.807) is 6.20 Å². The molecule has 0 bridgehead atoms. The SMILES string of the molecule is [Pt+2].[c-]1ccccc1-n1c2nc(Oc3[c-]c(-c4ccccn4)c4c(ccn5c6ccccc6nc45)c3)ccc2n2c3ccccc3nc12. The molecule has 0 radical (unpaired) electrons. The number of para-hydroxylation sites is 5. The van der Waals surface area contributed by atoms with Gasteiger partial charge in [-0.25, -0.2) is 9.97 Å². The average molecular weight is 787 g/mol. The van der Waals surface area contributed by atoms with E-state index < -0.39 is 0 Å². The number of ether oxygens (including phenoxy) is 1. The minimum absolute atomic E-state index is 0. The Balaban J connectivity index is 0.00000302. The second kappa shape index (κ2) is 10.6. The number of pyridine rings is 3. The number of fused-ring (bicyclic) bond motifs is 10. The van der Waals surface area contributed by atoms with Gasteiger partial charge in [0.1, 0.15) is 5.65 Å². The maximum atomic E-state index is 6.50. The smallest absolute Gasteiger partial charge is 0.459 e. The molecular weight excluding hydrogens is 766 g/mol. The van der Waals surface area contributed by atoms with Gasteiger partial charge in [0.15, 0.2) is 5.65 Å². The number of imidazole rings is 3. The molecule has 0 saturated carbocycles. The van der Waals surface area contributed by atoms with Crippen LogP contribution in [0.4, 0.5) is 0 Å². The van der Waals surface area contributed by atoms with E-state index in [1.165, 1.54) is 0 Å². The fraction of sp³-hybridized carbons (Fsp3) is 0. The molecule has 8 nitrogen and oxygen atoms in total. The van der Waals surface area contributed by atoms with Crippen LogP contribution < -0.4 is 4.74 Å². The molecule has 6 heterocycles. The monoisotopic (exact) mass is 786 g/mol. The summed E-state index contributed by atoms with van der Waals surface area (Å²) >= 11 is 0. The fourth-order valence-electron chi connectivity index (χ4n) is 6.41. The van der Waals surface area contributed by atoms with E-state index in [0.717, 1.165) is 66.7 Å². The molecule has 10 rings (SSSR count). The van der Waals surface area contributed by atoms with Crippen molar-refractivity contribution < 1.29 is 25.8 Å². The zero-order chi connectivity index (χ0) is 30.2. The molecule has 0 unspecified atom stereocenters. The summed E-state index contributed by atoms with van der Waals surface area (Å²) in [6.45, 7) is 0. The molecule has 9 heteroatoms. The topological polar surface area (TPSA) is 74.5 Å². The molecule has 0 aliphatic heterocycles. The van der Waals surface area contributed by atoms with Crippen molar-refractivity contribution in [3.8, 4) is 28.6 Å². The van der Waals surface area contributed by atoms with Gasteiger partial charge >= 0.3 is 21.1 Å². The second-order valence-corrected chi connectivity index (χ2v) is 11.1. The maximum absolute atomic E-state index is 6.50. The normalized spacial score (nSPS) is 11.7. The van der Waals surface area contributed by atoms with E-state index in [9.17, 15) is 0 Å². The number of rotatable bonds is 4. The first-order valence-corrected chi connectivity index (χ1v) is 14.9. The van der Waals surface area contributed by atoms with Crippen molar-refractivity contribution in [3.05, 3.63) is 140 Å². The summed E-state index contributed by atoms with van der Waals surface area (Å²) in [5, 5.41) is 1.92. The molecule has 224 valence electrons. The summed E-state index contributed by atoms with van der Waals surface area (Å²) in [6, 6.07) is 44.8. The van der Waals surface area contributed by atoms with Crippen LogP contribution in [0, 0.1) is 12.1 Å². The summed E-state index contributed by atoms with van der Waals surface area (Å²) in [4.78, 5) is 19.7. The van der Waals surface area contributed by atoms with Gasteiger partial charge < -0.3 is 14.1 Å². The summed E-state index contributed by atoms with van der Waals surface area (Å²) in [7, 11) is 0. The standard InChI is InChI=1S/C38H21N7O.Pt/c1-2-10-25(11-3-1)44-36-33(45-32-16-7-5-14-30(32)41-38(44)45)17-18-34(42-36)46-26-22-24-19-21-43-31-15-6-4-13-29(31)40-37(43)35(24)27(23-26)28-12-8-9-20-39-28;/h1-10,12-22H;/q-2;+2. The van der Waals surface area contributed by atoms with Crippen LogP contribution in [0.2, 0.25) is 0 Å². The Morgan fingerprint density at radius 2 is 1.49 bits per heavy atom. The summed E-state index contributed by atoms with van der Waals surface area (Å²) in [6.07, 6.45) is 3.84. The molecule has 0 aliphatic rings. The van der Waals surface area contributed by atoms with Crippen molar-refractivity contribution in [2.24, 2.45) is 0 Å². The van der Waals surface area contributed by atoms with Crippen molar-refractivity contribution in [1.82, 2.24) is 33.3 Å². The molecule has 10 aromatic rings. The number of hydrogen-bond donors (Lipinski definition) is 0. The Morgan fingerprint density at radius 1 is 0.681 bits per heavy atom. The van der Waals surface area contributed by atoms with Crippen LogP contribution in [0.15, 0.2) is 128 Å². The van der Waals surface area contributed by atoms with Gasteiger partial charge in [0.25, 0.3) is 0 Å². The summed E-state index contributed by atoms with van der Waals surface area (Å²) in [5.74, 6) is 1.72. The third-order valence-corrected chi connectivity index (χ3v) is 8.39. The van der Waals surface area contributed by atoms with Crippen molar-refractivity contribution in [2.75, 3.05) is 0 Å². The van der Waals surface area contributed by atoms with Crippen LogP contribution in [-0.2, 0) is 21.1 Å². The zero-order valence-electron chi connectivity index (χ0n) is 24.5. The molecule has 0 amide bonds. The van der Waals surface area contributed by atoms with Gasteiger partial charge in [0, 0.05) is 24.2 Å². The largest absolute Gasteiger partial charge is 2.00 e. The van der Waals surface area contributed by atoms with Crippen molar-refractivity contribution in [1.29, 1.82) is 0 Å². The predicted molar refractivity (Wildman–Crippen MR) is 179 cm³/mol. The van der Waals surface area contributed by atoms with Crippen LogP contribution in [0.5, 0.6) is 11.6 Å². The first kappa shape index (κ1) is 27.5. The number of hydrogen-bond acceptors (Lipinski definition) is 5. The molecule has 47 heavy (non-hydrogen) atoms. The van der Waals surface area contributed by atoms with Gasteiger partial charge in [-0.15, -0.1) is 11.6 Å². The molecule has 0 aliphatic carbocycles. The summed E-state index contributed by atoms with van der Waals surface area (Å²) in [5.41, 5.74) is 8.79. The minimum atomic E-state index is 0. The maximum Gasteiger partial charge on any atom is 2.00 e. The van der Waals surface area contributed by atoms with E-state index >= 15 is 0 Å². The predicted octanol–water partition coefficient (Wildman–Crippen LogP) is 8.23. The molecule has 4 aromatic carbocycles. The number of benzene rings is 4. The van der Waals surface area contributed by atoms with E-state index in [4.69, 9.17) is 19.7 Å². The van der Waals surface area contributed by atoms with E-state index in [1.807, 2.05) is 108 Å². The first-order chi connectivity index (χ1) is 22.8. The van der Waals surface area contributed by atoms with Crippen molar-refractivity contribution in [2.45, 2.75) is 0 Å². The van der Waals surface area contributed by atoms with Crippen LogP contribution in [0.1, 0.15) is 0 Å². The summed E-state index contributed by atoms with van der Waals surface area (Å²) < 4.78 is 12.8. The Bertz CT molecular complexity index is 2790. The van der Waals surface area contributed by atoms with Crippen LogP contribution >= 0.6 is 0 Å². The van der Waals surface area contributed by atoms with Gasteiger partial charge in [-0.3, -0.25) is 8.97 Å². The molecule has 6 aromatic heterocycles. The van der Waals surface area contributed by atoms with Crippen molar-refractivity contribution >= 4 is 55.4 Å². The quantitative estimate of drug-likeness (QED) is 0.168. The first-order valence-electron chi connectivity index (χ1n) is 14.9.